The van der Waals surface area contributed by atoms with Gasteiger partial charge in [0.15, 0.2) is 0 Å². The number of aryl methyl sites for hydroxylation is 2. The topological polar surface area (TPSA) is 38.0 Å². The zero-order valence-electron chi connectivity index (χ0n) is 8.90. The molecule has 2 rings (SSSR count). The molecule has 0 spiro atoms. The van der Waals surface area contributed by atoms with Crippen molar-refractivity contribution < 1.29 is 5.11 Å². The highest BCUT2D eigenvalue weighted by molar-refractivity contribution is 5.20. The maximum Gasteiger partial charge on any atom is 0.0546 e. The zero-order valence-corrected chi connectivity index (χ0v) is 8.90. The Hall–Kier alpha value is -0.830. The maximum atomic E-state index is 9.63. The summed E-state index contributed by atoms with van der Waals surface area (Å²) in [5.74, 6) is 0.506. The molecule has 0 bridgehead atoms. The minimum atomic E-state index is -0.108. The van der Waals surface area contributed by atoms with E-state index in [9.17, 15) is 5.11 Å². The summed E-state index contributed by atoms with van der Waals surface area (Å²) in [5, 5.41) is 13.9. The zero-order chi connectivity index (χ0) is 10.1. The molecule has 2 atom stereocenters. The van der Waals surface area contributed by atoms with Crippen molar-refractivity contribution in [3.63, 3.8) is 0 Å². The fraction of sp³-hybridized carbons (Fsp3) is 0.727. The molecule has 14 heavy (non-hydrogen) atoms. The maximum absolute atomic E-state index is 9.63. The van der Waals surface area contributed by atoms with Crippen LogP contribution in [-0.4, -0.2) is 21.0 Å². The number of rotatable bonds is 1. The first-order chi connectivity index (χ1) is 6.68. The van der Waals surface area contributed by atoms with Crippen molar-refractivity contribution in [3.05, 3.63) is 17.5 Å². The number of aliphatic hydroxyl groups is 1. The average molecular weight is 194 g/mol. The predicted octanol–water partition coefficient (Wildman–Crippen LogP) is 1.75. The van der Waals surface area contributed by atoms with Crippen molar-refractivity contribution in [3.8, 4) is 0 Å². The molecule has 1 N–H and O–H groups in total. The lowest BCUT2D eigenvalue weighted by Gasteiger charge is -2.26. The molecule has 3 nitrogen and oxygen atoms in total. The van der Waals surface area contributed by atoms with E-state index >= 15 is 0 Å². The van der Waals surface area contributed by atoms with Crippen LogP contribution in [0.25, 0.3) is 0 Å². The van der Waals surface area contributed by atoms with E-state index < -0.39 is 0 Å². The van der Waals surface area contributed by atoms with Crippen LogP contribution in [0.4, 0.5) is 0 Å². The average Bonchev–Trinajstić information content (AvgIpc) is 2.46. The molecule has 0 amide bonds. The van der Waals surface area contributed by atoms with Crippen molar-refractivity contribution in [2.45, 2.75) is 44.6 Å². The highest BCUT2D eigenvalue weighted by Gasteiger charge is 2.24. The van der Waals surface area contributed by atoms with Crippen LogP contribution < -0.4 is 0 Å². The Kier molecular flexibility index (Phi) is 2.59. The van der Waals surface area contributed by atoms with Gasteiger partial charge in [0.1, 0.15) is 0 Å². The normalized spacial score (nSPS) is 27.9. The molecule has 78 valence electrons. The lowest BCUT2D eigenvalue weighted by atomic mass is 9.84. The van der Waals surface area contributed by atoms with Crippen molar-refractivity contribution in [1.82, 2.24) is 9.78 Å². The molecule has 1 fully saturated rings. The molecule has 1 saturated carbocycles. The van der Waals surface area contributed by atoms with Crippen molar-refractivity contribution in [1.29, 1.82) is 0 Å². The van der Waals surface area contributed by atoms with Gasteiger partial charge < -0.3 is 5.11 Å². The smallest absolute Gasteiger partial charge is 0.0546 e. The Morgan fingerprint density at radius 1 is 1.50 bits per heavy atom. The third-order valence-electron chi connectivity index (χ3n) is 3.21. The van der Waals surface area contributed by atoms with Crippen LogP contribution in [0.1, 0.15) is 42.9 Å². The third kappa shape index (κ3) is 1.69. The van der Waals surface area contributed by atoms with E-state index in [1.165, 1.54) is 17.7 Å². The van der Waals surface area contributed by atoms with Gasteiger partial charge in [0.25, 0.3) is 0 Å². The summed E-state index contributed by atoms with van der Waals surface area (Å²) in [4.78, 5) is 0. The lowest BCUT2D eigenvalue weighted by molar-refractivity contribution is 0.118. The Morgan fingerprint density at radius 3 is 2.86 bits per heavy atom. The van der Waals surface area contributed by atoms with E-state index in [1.807, 2.05) is 17.9 Å². The molecule has 0 aromatic carbocycles. The number of nitrogens with zero attached hydrogens (tertiary/aromatic N) is 2. The second-order valence-corrected chi connectivity index (χ2v) is 4.35. The van der Waals surface area contributed by atoms with Gasteiger partial charge in [0.05, 0.1) is 12.3 Å². The standard InChI is InChI=1S/C11H18N2O/c1-8-7-12-13(2)11(8)9-4-3-5-10(14)6-9/h7,9-10,14H,3-6H2,1-2H3. The van der Waals surface area contributed by atoms with Crippen molar-refractivity contribution >= 4 is 0 Å². The van der Waals surface area contributed by atoms with Gasteiger partial charge in [-0.1, -0.05) is 6.42 Å². The minimum absolute atomic E-state index is 0.108. The Labute approximate surface area is 84.7 Å². The highest BCUT2D eigenvalue weighted by Crippen LogP contribution is 2.33. The summed E-state index contributed by atoms with van der Waals surface area (Å²) in [6, 6.07) is 0. The van der Waals surface area contributed by atoms with Gasteiger partial charge in [0.2, 0.25) is 0 Å². The Bertz CT molecular complexity index is 300. The molecule has 1 aromatic rings. The SMILES string of the molecule is Cc1cnn(C)c1C1CCCC(O)C1. The Balaban J connectivity index is 2.21. The van der Waals surface area contributed by atoms with Gasteiger partial charge in [-0.15, -0.1) is 0 Å². The predicted molar refractivity (Wildman–Crippen MR) is 55.2 cm³/mol. The fourth-order valence-electron chi connectivity index (χ4n) is 2.56. The third-order valence-corrected chi connectivity index (χ3v) is 3.21. The molecule has 1 aliphatic rings. The molecule has 3 heteroatoms. The summed E-state index contributed by atoms with van der Waals surface area (Å²) in [6.07, 6.45) is 6.00. The summed E-state index contributed by atoms with van der Waals surface area (Å²) < 4.78 is 1.96. The van der Waals surface area contributed by atoms with Gasteiger partial charge in [-0.25, -0.2) is 0 Å². The highest BCUT2D eigenvalue weighted by atomic mass is 16.3. The first kappa shape index (κ1) is 9.71. The monoisotopic (exact) mass is 194 g/mol. The summed E-state index contributed by atoms with van der Waals surface area (Å²) in [6.45, 7) is 2.10. The lowest BCUT2D eigenvalue weighted by Crippen LogP contribution is -2.20. The van der Waals surface area contributed by atoms with Gasteiger partial charge in [-0.3, -0.25) is 4.68 Å². The van der Waals surface area contributed by atoms with Crippen LogP contribution >= 0.6 is 0 Å². The first-order valence-electron chi connectivity index (χ1n) is 5.35. The molecular weight excluding hydrogens is 176 g/mol. The van der Waals surface area contributed by atoms with Crippen LogP contribution in [0, 0.1) is 6.92 Å². The Morgan fingerprint density at radius 2 is 2.29 bits per heavy atom. The van der Waals surface area contributed by atoms with E-state index in [0.717, 1.165) is 19.3 Å². The molecule has 1 aromatic heterocycles. The second kappa shape index (κ2) is 3.73. The van der Waals surface area contributed by atoms with Crippen LogP contribution in [0.5, 0.6) is 0 Å². The molecule has 0 aliphatic heterocycles. The number of aromatic nitrogens is 2. The summed E-state index contributed by atoms with van der Waals surface area (Å²) >= 11 is 0. The van der Waals surface area contributed by atoms with Crippen LogP contribution in [-0.2, 0) is 7.05 Å². The number of aliphatic hydroxyl groups excluding tert-OH is 1. The van der Waals surface area contributed by atoms with Crippen molar-refractivity contribution in [2.75, 3.05) is 0 Å². The molecule has 1 aliphatic carbocycles. The largest absolute Gasteiger partial charge is 0.393 e. The number of hydrogen-bond acceptors (Lipinski definition) is 2. The van der Waals surface area contributed by atoms with Gasteiger partial charge in [-0.05, 0) is 31.7 Å². The second-order valence-electron chi connectivity index (χ2n) is 4.35. The van der Waals surface area contributed by atoms with Crippen LogP contribution in [0.3, 0.4) is 0 Å². The van der Waals surface area contributed by atoms with E-state index in [-0.39, 0.29) is 6.10 Å². The van der Waals surface area contributed by atoms with E-state index in [2.05, 4.69) is 12.0 Å². The van der Waals surface area contributed by atoms with Crippen LogP contribution in [0.2, 0.25) is 0 Å². The van der Waals surface area contributed by atoms with Gasteiger partial charge in [0, 0.05) is 18.7 Å². The number of hydrogen-bond donors (Lipinski definition) is 1. The molecule has 0 saturated heterocycles. The summed E-state index contributed by atoms with van der Waals surface area (Å²) in [7, 11) is 1.99. The first-order valence-corrected chi connectivity index (χ1v) is 5.35. The van der Waals surface area contributed by atoms with E-state index in [4.69, 9.17) is 0 Å². The van der Waals surface area contributed by atoms with Gasteiger partial charge >= 0.3 is 0 Å². The van der Waals surface area contributed by atoms with Crippen LogP contribution in [0.15, 0.2) is 6.20 Å². The van der Waals surface area contributed by atoms with Crippen molar-refractivity contribution in [2.24, 2.45) is 7.05 Å². The van der Waals surface area contributed by atoms with E-state index in [0.29, 0.717) is 5.92 Å². The minimum Gasteiger partial charge on any atom is -0.393 e. The molecular formula is C11H18N2O. The molecule has 2 unspecified atom stereocenters. The van der Waals surface area contributed by atoms with Gasteiger partial charge in [-0.2, -0.15) is 5.10 Å². The quantitative estimate of drug-likeness (QED) is 0.739. The van der Waals surface area contributed by atoms with E-state index in [1.54, 1.807) is 0 Å². The fourth-order valence-corrected chi connectivity index (χ4v) is 2.56. The molecule has 1 heterocycles. The summed E-state index contributed by atoms with van der Waals surface area (Å²) in [5.41, 5.74) is 2.57. The molecule has 0 radical (unpaired) electrons.